The molecule has 0 aliphatic heterocycles. The molecule has 16 heteroatoms. The average molecular weight is 649 g/mol. The van der Waals surface area contributed by atoms with E-state index in [-0.39, 0.29) is 16.1 Å². The SMILES string of the molecule is COc1ccc([C@H](NC(=O)[C@H](C)NC(=O)c2cccc(Cl)c2)C(=O)N[C@H](C(=O)C(F)(F)C(=O)NCC(F)(F)F)C(C)C)cc1. The molecule has 0 aliphatic rings. The summed E-state index contributed by atoms with van der Waals surface area (Å²) in [4.78, 5) is 63.5. The first-order valence-corrected chi connectivity index (χ1v) is 13.3. The number of Topliss-reactive ketones (excluding diaryl/α,β-unsaturated/α-hetero) is 1. The average Bonchev–Trinajstić information content (AvgIpc) is 2.96. The van der Waals surface area contributed by atoms with Crippen molar-refractivity contribution in [1.82, 2.24) is 21.3 Å². The summed E-state index contributed by atoms with van der Waals surface area (Å²) < 4.78 is 71.6. The van der Waals surface area contributed by atoms with Crippen molar-refractivity contribution in [2.45, 2.75) is 51.0 Å². The van der Waals surface area contributed by atoms with Crippen LogP contribution in [0.4, 0.5) is 22.0 Å². The fourth-order valence-electron chi connectivity index (χ4n) is 3.71. The molecule has 0 aromatic heterocycles. The molecule has 44 heavy (non-hydrogen) atoms. The number of hydrogen-bond acceptors (Lipinski definition) is 6. The summed E-state index contributed by atoms with van der Waals surface area (Å²) in [7, 11) is 1.37. The van der Waals surface area contributed by atoms with Crippen molar-refractivity contribution in [1.29, 1.82) is 0 Å². The Morgan fingerprint density at radius 2 is 1.48 bits per heavy atom. The van der Waals surface area contributed by atoms with Gasteiger partial charge in [-0.3, -0.25) is 24.0 Å². The van der Waals surface area contributed by atoms with Crippen LogP contribution in [-0.4, -0.2) is 67.2 Å². The smallest absolute Gasteiger partial charge is 0.405 e. The Bertz CT molecular complexity index is 1370. The first kappa shape index (κ1) is 35.9. The molecule has 10 nitrogen and oxygen atoms in total. The van der Waals surface area contributed by atoms with Crippen molar-refractivity contribution < 1.29 is 50.7 Å². The molecule has 4 N–H and O–H groups in total. The van der Waals surface area contributed by atoms with E-state index in [2.05, 4.69) is 16.0 Å². The number of rotatable bonds is 13. The highest BCUT2D eigenvalue weighted by Gasteiger charge is 2.52. The van der Waals surface area contributed by atoms with Crippen molar-refractivity contribution in [3.63, 3.8) is 0 Å². The van der Waals surface area contributed by atoms with E-state index < -0.39 is 72.1 Å². The van der Waals surface area contributed by atoms with Gasteiger partial charge in [-0.25, -0.2) is 0 Å². The Labute approximate surface area is 254 Å². The maximum absolute atomic E-state index is 14.6. The van der Waals surface area contributed by atoms with Gasteiger partial charge >= 0.3 is 12.1 Å². The molecular formula is C28H30ClF5N4O6. The zero-order chi connectivity index (χ0) is 33.4. The van der Waals surface area contributed by atoms with E-state index in [1.165, 1.54) is 76.4 Å². The lowest BCUT2D eigenvalue weighted by atomic mass is 9.94. The van der Waals surface area contributed by atoms with E-state index in [1.54, 1.807) is 0 Å². The molecule has 0 radical (unpaired) electrons. The van der Waals surface area contributed by atoms with Crippen molar-refractivity contribution in [2.75, 3.05) is 13.7 Å². The number of alkyl halides is 5. The molecule has 0 saturated heterocycles. The summed E-state index contributed by atoms with van der Waals surface area (Å²) in [5.74, 6) is -13.0. The standard InChI is InChI=1S/C28H30ClF5N4O6/c1-14(2)20(22(39)28(33,34)26(43)35-13-27(30,31)32)37-25(42)21(16-8-10-19(44-4)11-9-16)38-23(40)15(3)36-24(41)17-6-5-7-18(29)12-17/h5-12,14-15,20-21H,13H2,1-4H3,(H,35,43)(H,36,41)(H,37,42)(H,38,40)/t15-,20-,21-/m0/s1. The Hall–Kier alpha value is -4.27. The topological polar surface area (TPSA) is 143 Å². The van der Waals surface area contributed by atoms with Crippen LogP contribution in [0.2, 0.25) is 5.02 Å². The zero-order valence-electron chi connectivity index (χ0n) is 23.9. The number of benzene rings is 2. The van der Waals surface area contributed by atoms with Crippen LogP contribution in [0.25, 0.3) is 0 Å². The molecule has 4 amide bonds. The lowest BCUT2D eigenvalue weighted by Gasteiger charge is -2.28. The van der Waals surface area contributed by atoms with E-state index in [4.69, 9.17) is 16.3 Å². The minimum atomic E-state index is -5.02. The summed E-state index contributed by atoms with van der Waals surface area (Å²) in [5.41, 5.74) is 0.245. The molecule has 0 spiro atoms. The molecule has 2 aromatic rings. The van der Waals surface area contributed by atoms with Gasteiger partial charge in [0.25, 0.3) is 11.8 Å². The zero-order valence-corrected chi connectivity index (χ0v) is 24.6. The summed E-state index contributed by atoms with van der Waals surface area (Å²) in [6, 6.07) is 6.51. The highest BCUT2D eigenvalue weighted by atomic mass is 35.5. The second-order valence-electron chi connectivity index (χ2n) is 9.89. The minimum Gasteiger partial charge on any atom is -0.497 e. The number of ether oxygens (including phenoxy) is 1. The first-order valence-electron chi connectivity index (χ1n) is 13.0. The quantitative estimate of drug-likeness (QED) is 0.194. The van der Waals surface area contributed by atoms with Gasteiger partial charge in [0.1, 0.15) is 24.4 Å². The lowest BCUT2D eigenvalue weighted by Crippen LogP contribution is -2.58. The number of amides is 4. The normalized spacial score (nSPS) is 13.7. The van der Waals surface area contributed by atoms with Crippen LogP contribution in [0.3, 0.4) is 0 Å². The molecule has 0 bridgehead atoms. The largest absolute Gasteiger partial charge is 0.497 e. The highest BCUT2D eigenvalue weighted by Crippen LogP contribution is 2.24. The van der Waals surface area contributed by atoms with Gasteiger partial charge in [-0.05, 0) is 48.7 Å². The Morgan fingerprint density at radius 3 is 2.00 bits per heavy atom. The van der Waals surface area contributed by atoms with E-state index in [1.807, 2.05) is 0 Å². The molecule has 2 rings (SSSR count). The molecule has 0 unspecified atom stereocenters. The Kier molecular flexibility index (Phi) is 12.2. The van der Waals surface area contributed by atoms with Gasteiger partial charge in [-0.1, -0.05) is 43.6 Å². The van der Waals surface area contributed by atoms with Crippen molar-refractivity contribution in [3.05, 3.63) is 64.7 Å². The van der Waals surface area contributed by atoms with Crippen LogP contribution in [-0.2, 0) is 19.2 Å². The number of carbonyl (C=O) groups is 5. The number of hydrogen-bond donors (Lipinski definition) is 4. The summed E-state index contributed by atoms with van der Waals surface area (Å²) in [6.45, 7) is 1.70. The van der Waals surface area contributed by atoms with E-state index >= 15 is 0 Å². The van der Waals surface area contributed by atoms with Crippen LogP contribution in [0.1, 0.15) is 42.7 Å². The minimum absolute atomic E-state index is 0.106. The van der Waals surface area contributed by atoms with Crippen molar-refractivity contribution in [3.8, 4) is 5.75 Å². The number of nitrogens with one attached hydrogen (secondary N) is 4. The molecule has 0 saturated carbocycles. The van der Waals surface area contributed by atoms with Crippen LogP contribution < -0.4 is 26.0 Å². The van der Waals surface area contributed by atoms with Gasteiger partial charge in [0.2, 0.25) is 17.6 Å². The van der Waals surface area contributed by atoms with Gasteiger partial charge in [0, 0.05) is 10.6 Å². The summed E-state index contributed by atoms with van der Waals surface area (Å²) in [6.07, 6.45) is -5.02. The molecule has 0 heterocycles. The van der Waals surface area contributed by atoms with Crippen molar-refractivity contribution in [2.24, 2.45) is 5.92 Å². The fraction of sp³-hybridized carbons (Fsp3) is 0.393. The molecular weight excluding hydrogens is 619 g/mol. The predicted molar refractivity (Wildman–Crippen MR) is 148 cm³/mol. The Morgan fingerprint density at radius 1 is 0.864 bits per heavy atom. The summed E-state index contributed by atoms with van der Waals surface area (Å²) >= 11 is 5.90. The molecule has 0 aliphatic carbocycles. The molecule has 2 aromatic carbocycles. The third-order valence-corrected chi connectivity index (χ3v) is 6.35. The molecule has 0 fully saturated rings. The van der Waals surface area contributed by atoms with Gasteiger partial charge in [-0.2, -0.15) is 22.0 Å². The third kappa shape index (κ3) is 9.89. The number of halogens is 6. The molecule has 3 atom stereocenters. The second kappa shape index (κ2) is 14.9. The van der Waals surface area contributed by atoms with Gasteiger partial charge < -0.3 is 26.0 Å². The molecule has 240 valence electrons. The Balaban J connectivity index is 2.31. The number of ketones is 1. The van der Waals surface area contributed by atoms with Gasteiger partial charge in [0.05, 0.1) is 13.2 Å². The van der Waals surface area contributed by atoms with Crippen LogP contribution in [0.15, 0.2) is 48.5 Å². The van der Waals surface area contributed by atoms with Crippen molar-refractivity contribution >= 4 is 41.0 Å². The summed E-state index contributed by atoms with van der Waals surface area (Å²) in [5, 5.41) is 8.12. The lowest BCUT2D eigenvalue weighted by molar-refractivity contribution is -0.165. The van der Waals surface area contributed by atoms with E-state index in [0.717, 1.165) is 5.32 Å². The van der Waals surface area contributed by atoms with Gasteiger partial charge in [-0.15, -0.1) is 0 Å². The maximum Gasteiger partial charge on any atom is 0.405 e. The van der Waals surface area contributed by atoms with E-state index in [9.17, 15) is 45.9 Å². The van der Waals surface area contributed by atoms with Crippen LogP contribution in [0, 0.1) is 5.92 Å². The number of carbonyl (C=O) groups excluding carboxylic acids is 5. The monoisotopic (exact) mass is 648 g/mol. The van der Waals surface area contributed by atoms with E-state index in [0.29, 0.717) is 5.75 Å². The van der Waals surface area contributed by atoms with Crippen LogP contribution >= 0.6 is 11.6 Å². The third-order valence-electron chi connectivity index (χ3n) is 6.12. The number of methoxy groups -OCH3 is 1. The second-order valence-corrected chi connectivity index (χ2v) is 10.3. The fourth-order valence-corrected chi connectivity index (χ4v) is 3.90. The maximum atomic E-state index is 14.6. The van der Waals surface area contributed by atoms with Gasteiger partial charge in [0.15, 0.2) is 0 Å². The van der Waals surface area contributed by atoms with Crippen LogP contribution in [0.5, 0.6) is 5.75 Å². The first-order chi connectivity index (χ1) is 20.4. The highest BCUT2D eigenvalue weighted by molar-refractivity contribution is 6.31. The predicted octanol–water partition coefficient (Wildman–Crippen LogP) is 3.35.